The minimum atomic E-state index is -0.444. The van der Waals surface area contributed by atoms with E-state index in [2.05, 4.69) is 4.74 Å². The number of carbonyl (C=O) groups excluding carboxylic acids is 2. The molecule has 7 heavy (non-hydrogen) atoms. The van der Waals surface area contributed by atoms with E-state index >= 15 is 0 Å². The Morgan fingerprint density at radius 2 is 2.43 bits per heavy atom. The first-order chi connectivity index (χ1) is 3.34. The molecule has 3 heteroatoms. The Morgan fingerprint density at radius 3 is 2.57 bits per heavy atom. The minimum Gasteiger partial charge on any atom is -0.364 e. The zero-order valence-corrected chi connectivity index (χ0v) is 3.59. The van der Waals surface area contributed by atoms with Crippen LogP contribution in [-0.2, 0) is 14.3 Å². The quantitative estimate of drug-likeness (QED) is 0.258. The van der Waals surface area contributed by atoms with Crippen molar-refractivity contribution in [2.24, 2.45) is 0 Å². The lowest BCUT2D eigenvalue weighted by Gasteiger charge is -1.71. The van der Waals surface area contributed by atoms with Crippen LogP contribution in [0.15, 0.2) is 0 Å². The molecule has 0 spiro atoms. The number of Topliss-reactive ketones (excluding diaryl/α,β-unsaturated/α-hetero) is 1. The molecule has 1 atom stereocenters. The van der Waals surface area contributed by atoms with Crippen LogP contribution in [-0.4, -0.2) is 24.8 Å². The van der Waals surface area contributed by atoms with Crippen molar-refractivity contribution in [3.05, 3.63) is 0 Å². The number of hydrogen-bond acceptors (Lipinski definition) is 3. The van der Waals surface area contributed by atoms with E-state index in [0.29, 0.717) is 6.61 Å². The van der Waals surface area contributed by atoms with Crippen molar-refractivity contribution in [1.29, 1.82) is 0 Å². The molecule has 0 aromatic carbocycles. The molecule has 0 aromatic heterocycles. The Morgan fingerprint density at radius 1 is 1.86 bits per heavy atom. The van der Waals surface area contributed by atoms with Crippen molar-refractivity contribution < 1.29 is 14.3 Å². The first-order valence-corrected chi connectivity index (χ1v) is 1.95. The van der Waals surface area contributed by atoms with Crippen molar-refractivity contribution in [2.75, 3.05) is 6.61 Å². The fourth-order valence-corrected chi connectivity index (χ4v) is 0.288. The molecule has 0 amide bonds. The molecular formula is C4H4O3. The van der Waals surface area contributed by atoms with E-state index in [1.807, 2.05) is 0 Å². The number of hydrogen-bond donors (Lipinski definition) is 0. The van der Waals surface area contributed by atoms with Crippen LogP contribution in [0.2, 0.25) is 0 Å². The summed E-state index contributed by atoms with van der Waals surface area (Å²) < 4.78 is 4.48. The lowest BCUT2D eigenvalue weighted by molar-refractivity contribution is -0.130. The summed E-state index contributed by atoms with van der Waals surface area (Å²) in [5.74, 6) is -0.444. The molecule has 1 fully saturated rings. The maximum absolute atomic E-state index is 10.1. The average Bonchev–Trinajstić information content (AvgIpc) is 2.44. The molecule has 0 radical (unpaired) electrons. The SMILES string of the molecule is O=CC(=O)C1CO1. The number of aldehydes is 1. The van der Waals surface area contributed by atoms with Crippen molar-refractivity contribution in [1.82, 2.24) is 0 Å². The number of carbonyl (C=O) groups is 2. The second-order valence-electron chi connectivity index (χ2n) is 1.34. The van der Waals surface area contributed by atoms with E-state index in [4.69, 9.17) is 0 Å². The third kappa shape index (κ3) is 0.838. The summed E-state index contributed by atoms with van der Waals surface area (Å²) in [7, 11) is 0. The fraction of sp³-hybridized carbons (Fsp3) is 0.500. The van der Waals surface area contributed by atoms with Gasteiger partial charge in [-0.15, -0.1) is 0 Å². The summed E-state index contributed by atoms with van der Waals surface area (Å²) in [4.78, 5) is 19.6. The highest BCUT2D eigenvalue weighted by molar-refractivity contribution is 6.27. The van der Waals surface area contributed by atoms with Gasteiger partial charge < -0.3 is 4.74 Å². The molecule has 1 saturated heterocycles. The van der Waals surface area contributed by atoms with Crippen LogP contribution in [0, 0.1) is 0 Å². The third-order valence-corrected chi connectivity index (χ3v) is 0.767. The van der Waals surface area contributed by atoms with Gasteiger partial charge in [-0.1, -0.05) is 0 Å². The van der Waals surface area contributed by atoms with Gasteiger partial charge in [0.05, 0.1) is 6.61 Å². The van der Waals surface area contributed by atoms with Crippen LogP contribution in [0.4, 0.5) is 0 Å². The highest BCUT2D eigenvalue weighted by atomic mass is 16.6. The number of epoxide rings is 1. The Labute approximate surface area is 40.3 Å². The van der Waals surface area contributed by atoms with Gasteiger partial charge in [-0.05, 0) is 0 Å². The van der Waals surface area contributed by atoms with Crippen LogP contribution < -0.4 is 0 Å². The standard InChI is InChI=1S/C4H4O3/c5-1-3(6)4-2-7-4/h1,4H,2H2. The molecule has 0 aliphatic carbocycles. The van der Waals surface area contributed by atoms with E-state index < -0.39 is 11.9 Å². The van der Waals surface area contributed by atoms with Gasteiger partial charge in [0, 0.05) is 0 Å². The number of ether oxygens (including phenoxy) is 1. The largest absolute Gasteiger partial charge is 0.364 e. The predicted molar refractivity (Wildman–Crippen MR) is 20.8 cm³/mol. The van der Waals surface area contributed by atoms with Gasteiger partial charge in [-0.2, -0.15) is 0 Å². The van der Waals surface area contributed by atoms with E-state index in [-0.39, 0.29) is 6.29 Å². The van der Waals surface area contributed by atoms with Crippen LogP contribution in [0.25, 0.3) is 0 Å². The summed E-state index contributed by atoms with van der Waals surface area (Å²) in [5, 5.41) is 0. The van der Waals surface area contributed by atoms with Gasteiger partial charge in [-0.3, -0.25) is 9.59 Å². The molecule has 1 aliphatic rings. The maximum Gasteiger partial charge on any atom is 0.226 e. The summed E-state index contributed by atoms with van der Waals surface area (Å²) in [6, 6.07) is 0. The van der Waals surface area contributed by atoms with Crippen LogP contribution in [0.5, 0.6) is 0 Å². The van der Waals surface area contributed by atoms with Crippen LogP contribution >= 0.6 is 0 Å². The zero-order valence-electron chi connectivity index (χ0n) is 3.59. The minimum absolute atomic E-state index is 0.289. The molecule has 0 aromatic rings. The van der Waals surface area contributed by atoms with Crippen molar-refractivity contribution >= 4 is 12.1 Å². The first kappa shape index (κ1) is 4.46. The first-order valence-electron chi connectivity index (χ1n) is 1.95. The molecule has 1 heterocycles. The maximum atomic E-state index is 10.1. The monoisotopic (exact) mass is 100 g/mol. The van der Waals surface area contributed by atoms with E-state index in [1.165, 1.54) is 0 Å². The number of ketones is 1. The third-order valence-electron chi connectivity index (χ3n) is 0.767. The molecular weight excluding hydrogens is 96.0 g/mol. The van der Waals surface area contributed by atoms with Crippen LogP contribution in [0.3, 0.4) is 0 Å². The Balaban J connectivity index is 2.37. The summed E-state index contributed by atoms with van der Waals surface area (Å²) in [6.45, 7) is 0.428. The van der Waals surface area contributed by atoms with E-state index in [1.54, 1.807) is 0 Å². The van der Waals surface area contributed by atoms with Crippen molar-refractivity contribution in [3.63, 3.8) is 0 Å². The smallest absolute Gasteiger partial charge is 0.226 e. The second-order valence-corrected chi connectivity index (χ2v) is 1.34. The van der Waals surface area contributed by atoms with Crippen molar-refractivity contribution in [3.8, 4) is 0 Å². The van der Waals surface area contributed by atoms with Crippen molar-refractivity contribution in [2.45, 2.75) is 6.10 Å². The summed E-state index contributed by atoms with van der Waals surface area (Å²) in [6.07, 6.45) is -0.102. The Kier molecular flexibility index (Phi) is 0.906. The summed E-state index contributed by atoms with van der Waals surface area (Å²) in [5.41, 5.74) is 0. The number of rotatable bonds is 2. The second kappa shape index (κ2) is 1.42. The fourth-order valence-electron chi connectivity index (χ4n) is 0.288. The lowest BCUT2D eigenvalue weighted by Crippen LogP contribution is -2.06. The highest BCUT2D eigenvalue weighted by Gasteiger charge is 2.30. The molecule has 1 aliphatic heterocycles. The Bertz CT molecular complexity index is 104. The average molecular weight is 100 g/mol. The molecule has 0 saturated carbocycles. The van der Waals surface area contributed by atoms with Gasteiger partial charge in [-0.25, -0.2) is 0 Å². The Hall–Kier alpha value is -0.700. The molecule has 0 N–H and O–H groups in total. The normalized spacial score (nSPS) is 26.6. The van der Waals surface area contributed by atoms with Gasteiger partial charge in [0.1, 0.15) is 6.10 Å². The van der Waals surface area contributed by atoms with Gasteiger partial charge in [0.25, 0.3) is 0 Å². The molecule has 0 bridgehead atoms. The summed E-state index contributed by atoms with van der Waals surface area (Å²) >= 11 is 0. The van der Waals surface area contributed by atoms with Gasteiger partial charge >= 0.3 is 0 Å². The molecule has 1 unspecified atom stereocenters. The van der Waals surface area contributed by atoms with Gasteiger partial charge in [0.15, 0.2) is 6.29 Å². The van der Waals surface area contributed by atoms with E-state index in [0.717, 1.165) is 0 Å². The van der Waals surface area contributed by atoms with Gasteiger partial charge in [0.2, 0.25) is 5.78 Å². The highest BCUT2D eigenvalue weighted by Crippen LogP contribution is 2.07. The molecule has 3 nitrogen and oxygen atoms in total. The zero-order chi connectivity index (χ0) is 5.28. The van der Waals surface area contributed by atoms with E-state index in [9.17, 15) is 9.59 Å². The molecule has 1 rings (SSSR count). The predicted octanol–water partition coefficient (Wildman–Crippen LogP) is -0.847. The van der Waals surface area contributed by atoms with Crippen LogP contribution in [0.1, 0.15) is 0 Å². The lowest BCUT2D eigenvalue weighted by atomic mass is 10.3. The molecule has 38 valence electrons. The topological polar surface area (TPSA) is 46.7 Å².